The minimum atomic E-state index is 0. The maximum absolute atomic E-state index is 8.50. The van der Waals surface area contributed by atoms with Gasteiger partial charge in [-0.2, -0.15) is 5.06 Å². The van der Waals surface area contributed by atoms with Crippen LogP contribution < -0.4 is 0 Å². The molecule has 0 aliphatic rings. The van der Waals surface area contributed by atoms with E-state index in [9.17, 15) is 0 Å². The van der Waals surface area contributed by atoms with E-state index in [1.54, 1.807) is 0 Å². The Morgan fingerprint density at radius 3 is 1.57 bits per heavy atom. The fraction of sp³-hybridized carbons (Fsp3) is 1.00. The van der Waals surface area contributed by atoms with Crippen molar-refractivity contribution in [3.05, 3.63) is 0 Å². The molecule has 0 bridgehead atoms. The summed E-state index contributed by atoms with van der Waals surface area (Å²) < 4.78 is 0. The van der Waals surface area contributed by atoms with Crippen molar-refractivity contribution in [2.75, 3.05) is 13.1 Å². The zero-order valence-electron chi connectivity index (χ0n) is 4.31. The van der Waals surface area contributed by atoms with Crippen molar-refractivity contribution in [3.8, 4) is 0 Å². The van der Waals surface area contributed by atoms with Crippen LogP contribution >= 0.6 is 0 Å². The van der Waals surface area contributed by atoms with Crippen LogP contribution in [0.25, 0.3) is 0 Å². The summed E-state index contributed by atoms with van der Waals surface area (Å²) >= 11 is 0. The molecule has 0 aromatic rings. The summed E-state index contributed by atoms with van der Waals surface area (Å²) in [6.45, 7) is 5.25. The topological polar surface area (TPSA) is 23.5 Å². The van der Waals surface area contributed by atoms with Crippen LogP contribution in [0, 0.1) is 0 Å². The fourth-order valence-electron chi connectivity index (χ4n) is 0.224. The molecule has 0 saturated heterocycles. The average Bonchev–Trinajstić information content (AvgIpc) is 1.65. The Labute approximate surface area is 49.1 Å². The first kappa shape index (κ1) is 10.2. The molecule has 46 valence electrons. The first-order valence-corrected chi connectivity index (χ1v) is 2.25. The molecule has 3 heteroatoms. The van der Waals surface area contributed by atoms with E-state index in [0.29, 0.717) is 0 Å². The van der Waals surface area contributed by atoms with E-state index in [2.05, 4.69) is 0 Å². The largest absolute Gasteiger partial charge is 0.314 e. The average molecular weight is 121 g/mol. The number of hydrogen-bond donors (Lipinski definition) is 1. The summed E-state index contributed by atoms with van der Waals surface area (Å²) in [6, 6.07) is 0. The Balaban J connectivity index is 0. The van der Waals surface area contributed by atoms with Gasteiger partial charge in [-0.05, 0) is 11.0 Å². The summed E-state index contributed by atoms with van der Waals surface area (Å²) in [5, 5.41) is 9.75. The van der Waals surface area contributed by atoms with E-state index in [-0.39, 0.29) is 11.0 Å². The lowest BCUT2D eigenvalue weighted by Gasteiger charge is -2.05. The third kappa shape index (κ3) is 6.14. The third-order valence-corrected chi connectivity index (χ3v) is 0.730. The lowest BCUT2D eigenvalue weighted by atomic mass is 10.6. The van der Waals surface area contributed by atoms with Gasteiger partial charge in [0.2, 0.25) is 0 Å². The summed E-state index contributed by atoms with van der Waals surface area (Å²) in [5.41, 5.74) is 0. The Morgan fingerprint density at radius 2 is 1.57 bits per heavy atom. The van der Waals surface area contributed by atoms with Crippen LogP contribution in [0.2, 0.25) is 0 Å². The highest BCUT2D eigenvalue weighted by molar-refractivity contribution is 5.75. The van der Waals surface area contributed by atoms with Crippen LogP contribution in [0.5, 0.6) is 0 Å². The second kappa shape index (κ2) is 6.14. The number of rotatable bonds is 2. The molecular formula is C4H15NOSi. The van der Waals surface area contributed by atoms with Crippen LogP contribution in [0.3, 0.4) is 0 Å². The maximum atomic E-state index is 8.50. The molecular weight excluding hydrogens is 106 g/mol. The van der Waals surface area contributed by atoms with Crippen molar-refractivity contribution in [2.24, 2.45) is 0 Å². The SMILES string of the molecule is CCN(O)CC.[SiH4]. The molecule has 0 spiro atoms. The standard InChI is InChI=1S/C4H11NO.H4Si/c1-3-5(6)4-2;/h6H,3-4H2,1-2H3;1H4. The summed E-state index contributed by atoms with van der Waals surface area (Å²) in [5.74, 6) is 0. The van der Waals surface area contributed by atoms with Gasteiger partial charge >= 0.3 is 0 Å². The highest BCUT2D eigenvalue weighted by Crippen LogP contribution is 1.73. The highest BCUT2D eigenvalue weighted by Gasteiger charge is 1.84. The quantitative estimate of drug-likeness (QED) is 0.384. The van der Waals surface area contributed by atoms with Gasteiger partial charge in [-0.3, -0.25) is 0 Å². The van der Waals surface area contributed by atoms with Crippen molar-refractivity contribution in [2.45, 2.75) is 13.8 Å². The molecule has 0 aliphatic carbocycles. The van der Waals surface area contributed by atoms with Crippen molar-refractivity contribution in [1.29, 1.82) is 0 Å². The van der Waals surface area contributed by atoms with Crippen LogP contribution in [-0.4, -0.2) is 34.3 Å². The Hall–Kier alpha value is 0.137. The van der Waals surface area contributed by atoms with Crippen molar-refractivity contribution in [1.82, 2.24) is 5.06 Å². The number of hydrogen-bond acceptors (Lipinski definition) is 2. The van der Waals surface area contributed by atoms with E-state index in [0.717, 1.165) is 13.1 Å². The molecule has 0 radical (unpaired) electrons. The molecule has 0 amide bonds. The third-order valence-electron chi connectivity index (χ3n) is 0.730. The van der Waals surface area contributed by atoms with Crippen molar-refractivity contribution < 1.29 is 5.21 Å². The van der Waals surface area contributed by atoms with Gasteiger partial charge < -0.3 is 5.21 Å². The first-order chi connectivity index (χ1) is 2.81. The molecule has 0 fully saturated rings. The minimum absolute atomic E-state index is 0. The normalized spacial score (nSPS) is 8.57. The second-order valence-corrected chi connectivity index (χ2v) is 1.14. The van der Waals surface area contributed by atoms with E-state index < -0.39 is 0 Å². The Morgan fingerprint density at radius 1 is 1.29 bits per heavy atom. The second-order valence-electron chi connectivity index (χ2n) is 1.14. The Bertz CT molecular complexity index is 30.9. The molecule has 0 aromatic heterocycles. The van der Waals surface area contributed by atoms with Gasteiger partial charge in [-0.15, -0.1) is 0 Å². The smallest absolute Gasteiger partial charge is 0.0209 e. The van der Waals surface area contributed by atoms with Gasteiger partial charge in [-0.25, -0.2) is 0 Å². The summed E-state index contributed by atoms with van der Waals surface area (Å²) in [6.07, 6.45) is 0. The molecule has 2 nitrogen and oxygen atoms in total. The van der Waals surface area contributed by atoms with Crippen molar-refractivity contribution in [3.63, 3.8) is 0 Å². The maximum Gasteiger partial charge on any atom is 0.0209 e. The number of nitrogens with zero attached hydrogens (tertiary/aromatic N) is 1. The predicted molar refractivity (Wildman–Crippen MR) is 36.0 cm³/mol. The zero-order chi connectivity index (χ0) is 4.99. The molecule has 0 rings (SSSR count). The molecule has 0 atom stereocenters. The van der Waals surface area contributed by atoms with E-state index >= 15 is 0 Å². The summed E-state index contributed by atoms with van der Waals surface area (Å²) in [4.78, 5) is 0. The molecule has 7 heavy (non-hydrogen) atoms. The van der Waals surface area contributed by atoms with E-state index in [1.165, 1.54) is 5.06 Å². The van der Waals surface area contributed by atoms with Gasteiger partial charge in [0.1, 0.15) is 0 Å². The van der Waals surface area contributed by atoms with Gasteiger partial charge in [0.25, 0.3) is 0 Å². The minimum Gasteiger partial charge on any atom is -0.314 e. The molecule has 0 aromatic carbocycles. The molecule has 0 unspecified atom stereocenters. The Kier molecular flexibility index (Phi) is 8.93. The summed E-state index contributed by atoms with van der Waals surface area (Å²) in [7, 11) is 0. The number of hydroxylamine groups is 2. The molecule has 0 saturated carbocycles. The van der Waals surface area contributed by atoms with Crippen LogP contribution in [-0.2, 0) is 0 Å². The van der Waals surface area contributed by atoms with Gasteiger partial charge in [0.05, 0.1) is 0 Å². The lowest BCUT2D eigenvalue weighted by molar-refractivity contribution is -0.0813. The van der Waals surface area contributed by atoms with E-state index in [4.69, 9.17) is 5.21 Å². The van der Waals surface area contributed by atoms with Crippen molar-refractivity contribution >= 4 is 11.0 Å². The first-order valence-electron chi connectivity index (χ1n) is 2.25. The predicted octanol–water partition coefficient (Wildman–Crippen LogP) is -0.734. The van der Waals surface area contributed by atoms with E-state index in [1.807, 2.05) is 13.8 Å². The monoisotopic (exact) mass is 121 g/mol. The van der Waals surface area contributed by atoms with Crippen LogP contribution in [0.1, 0.15) is 13.8 Å². The van der Waals surface area contributed by atoms with Crippen LogP contribution in [0.4, 0.5) is 0 Å². The zero-order valence-corrected chi connectivity index (χ0v) is 4.31. The van der Waals surface area contributed by atoms with Gasteiger partial charge in [-0.1, -0.05) is 13.8 Å². The van der Waals surface area contributed by atoms with Crippen LogP contribution in [0.15, 0.2) is 0 Å². The molecule has 1 N–H and O–H groups in total. The fourth-order valence-corrected chi connectivity index (χ4v) is 0.224. The van der Waals surface area contributed by atoms with Gasteiger partial charge in [0, 0.05) is 13.1 Å². The highest BCUT2D eigenvalue weighted by atomic mass is 28.1. The molecule has 0 heterocycles. The molecule has 0 aliphatic heterocycles. The lowest BCUT2D eigenvalue weighted by Crippen LogP contribution is -2.16. The van der Waals surface area contributed by atoms with Gasteiger partial charge in [0.15, 0.2) is 0 Å².